The van der Waals surface area contributed by atoms with Gasteiger partial charge in [0.2, 0.25) is 0 Å². The fourth-order valence-corrected chi connectivity index (χ4v) is 2.23. The second-order valence-corrected chi connectivity index (χ2v) is 5.54. The Hall–Kier alpha value is -2.73. The highest BCUT2D eigenvalue weighted by atomic mass is 35.5. The SMILES string of the molecule is CCCOc1ccc(/C=N\Nc2ccc(Cl)c(C(=O)O)c2)cc1OC. The quantitative estimate of drug-likeness (QED) is 0.541. The number of hydrogen-bond acceptors (Lipinski definition) is 5. The van der Waals surface area contributed by atoms with Crippen LogP contribution in [0.4, 0.5) is 5.69 Å². The summed E-state index contributed by atoms with van der Waals surface area (Å²) in [5, 5.41) is 13.3. The third-order valence-electron chi connectivity index (χ3n) is 3.25. The van der Waals surface area contributed by atoms with Crippen molar-refractivity contribution in [2.45, 2.75) is 13.3 Å². The van der Waals surface area contributed by atoms with E-state index in [9.17, 15) is 4.79 Å². The van der Waals surface area contributed by atoms with Crippen molar-refractivity contribution in [2.24, 2.45) is 5.10 Å². The standard InChI is InChI=1S/C18H19ClN2O4/c1-3-8-25-16-7-4-12(9-17(16)24-2)11-20-21-13-5-6-15(19)14(10-13)18(22)23/h4-7,9-11,21H,3,8H2,1-2H3,(H,22,23)/b20-11-. The van der Waals surface area contributed by atoms with Gasteiger partial charge in [0.25, 0.3) is 0 Å². The zero-order valence-corrected chi connectivity index (χ0v) is 14.7. The van der Waals surface area contributed by atoms with Crippen LogP contribution in [0, 0.1) is 0 Å². The van der Waals surface area contributed by atoms with Gasteiger partial charge in [0.15, 0.2) is 11.5 Å². The molecule has 0 saturated heterocycles. The third kappa shape index (κ3) is 5.12. The van der Waals surface area contributed by atoms with Gasteiger partial charge in [-0.1, -0.05) is 18.5 Å². The van der Waals surface area contributed by atoms with Crippen LogP contribution >= 0.6 is 11.6 Å². The molecule has 132 valence electrons. The van der Waals surface area contributed by atoms with Crippen molar-refractivity contribution in [1.82, 2.24) is 0 Å². The lowest BCUT2D eigenvalue weighted by Crippen LogP contribution is -2.00. The van der Waals surface area contributed by atoms with Crippen molar-refractivity contribution in [3.05, 3.63) is 52.5 Å². The molecule has 0 saturated carbocycles. The number of carbonyl (C=O) groups is 1. The number of anilines is 1. The minimum atomic E-state index is -1.09. The highest BCUT2D eigenvalue weighted by Crippen LogP contribution is 2.27. The summed E-state index contributed by atoms with van der Waals surface area (Å²) in [5.41, 5.74) is 4.12. The first-order chi connectivity index (χ1) is 12.0. The average molecular weight is 363 g/mol. The number of carboxylic acid groups (broad SMARTS) is 1. The van der Waals surface area contributed by atoms with Crippen LogP contribution in [0.25, 0.3) is 0 Å². The molecular weight excluding hydrogens is 344 g/mol. The summed E-state index contributed by atoms with van der Waals surface area (Å²) < 4.78 is 10.9. The number of nitrogens with zero attached hydrogens (tertiary/aromatic N) is 1. The van der Waals surface area contributed by atoms with Gasteiger partial charge in [-0.15, -0.1) is 0 Å². The maximum Gasteiger partial charge on any atom is 0.337 e. The molecular formula is C18H19ClN2O4. The minimum Gasteiger partial charge on any atom is -0.493 e. The summed E-state index contributed by atoms with van der Waals surface area (Å²) in [6, 6.07) is 10.1. The van der Waals surface area contributed by atoms with Crippen LogP contribution < -0.4 is 14.9 Å². The lowest BCUT2D eigenvalue weighted by molar-refractivity contribution is 0.0697. The minimum absolute atomic E-state index is 0.0148. The second-order valence-electron chi connectivity index (χ2n) is 5.13. The summed E-state index contributed by atoms with van der Waals surface area (Å²) >= 11 is 5.83. The van der Waals surface area contributed by atoms with Crippen molar-refractivity contribution in [3.8, 4) is 11.5 Å². The van der Waals surface area contributed by atoms with Crippen molar-refractivity contribution < 1.29 is 19.4 Å². The van der Waals surface area contributed by atoms with Gasteiger partial charge >= 0.3 is 5.97 Å². The van der Waals surface area contributed by atoms with Gasteiger partial charge < -0.3 is 14.6 Å². The van der Waals surface area contributed by atoms with E-state index >= 15 is 0 Å². The highest BCUT2D eigenvalue weighted by Gasteiger charge is 2.09. The maximum atomic E-state index is 11.1. The number of halogens is 1. The van der Waals surface area contributed by atoms with Crippen molar-refractivity contribution in [3.63, 3.8) is 0 Å². The number of hydrogen-bond donors (Lipinski definition) is 2. The second kappa shape index (κ2) is 8.94. The Morgan fingerprint density at radius 2 is 2.08 bits per heavy atom. The van der Waals surface area contributed by atoms with Crippen LogP contribution in [0.2, 0.25) is 5.02 Å². The van der Waals surface area contributed by atoms with Gasteiger partial charge in [0, 0.05) is 0 Å². The Bertz CT molecular complexity index is 778. The Labute approximate surface area is 151 Å². The monoisotopic (exact) mass is 362 g/mol. The van der Waals surface area contributed by atoms with Crippen LogP contribution in [0.5, 0.6) is 11.5 Å². The molecule has 0 aliphatic carbocycles. The summed E-state index contributed by atoms with van der Waals surface area (Å²) in [6.07, 6.45) is 2.51. The van der Waals surface area contributed by atoms with E-state index in [1.165, 1.54) is 12.1 Å². The lowest BCUT2D eigenvalue weighted by Gasteiger charge is -2.10. The van der Waals surface area contributed by atoms with Crippen molar-refractivity contribution in [2.75, 3.05) is 19.1 Å². The fourth-order valence-electron chi connectivity index (χ4n) is 2.04. The van der Waals surface area contributed by atoms with E-state index in [0.29, 0.717) is 23.8 Å². The van der Waals surface area contributed by atoms with Crippen LogP contribution in [-0.4, -0.2) is 31.0 Å². The van der Waals surface area contributed by atoms with Gasteiger partial charge in [-0.2, -0.15) is 5.10 Å². The molecule has 2 N–H and O–H groups in total. The van der Waals surface area contributed by atoms with Crippen molar-refractivity contribution in [1.29, 1.82) is 0 Å². The highest BCUT2D eigenvalue weighted by molar-refractivity contribution is 6.33. The molecule has 2 aromatic rings. The molecule has 0 amide bonds. The third-order valence-corrected chi connectivity index (χ3v) is 3.58. The molecule has 0 unspecified atom stereocenters. The molecule has 0 fully saturated rings. The molecule has 0 atom stereocenters. The molecule has 0 aliphatic heterocycles. The Kier molecular flexibility index (Phi) is 6.65. The molecule has 0 aliphatic rings. The first-order valence-electron chi connectivity index (χ1n) is 7.68. The topological polar surface area (TPSA) is 80.2 Å². The predicted octanol–water partition coefficient (Wildman–Crippen LogP) is 4.28. The lowest BCUT2D eigenvalue weighted by atomic mass is 10.2. The number of methoxy groups -OCH3 is 1. The first-order valence-corrected chi connectivity index (χ1v) is 8.05. The van der Waals surface area contributed by atoms with Gasteiger partial charge in [-0.05, 0) is 48.4 Å². The molecule has 0 spiro atoms. The molecule has 6 nitrogen and oxygen atoms in total. The molecule has 7 heteroatoms. The number of benzene rings is 2. The first kappa shape index (κ1) is 18.6. The smallest absolute Gasteiger partial charge is 0.337 e. The number of nitrogens with one attached hydrogen (secondary N) is 1. The van der Waals surface area contributed by atoms with E-state index in [1.807, 2.05) is 19.1 Å². The van der Waals surface area contributed by atoms with E-state index in [2.05, 4.69) is 10.5 Å². The molecule has 2 aromatic carbocycles. The van der Waals surface area contributed by atoms with E-state index in [0.717, 1.165) is 12.0 Å². The van der Waals surface area contributed by atoms with Crippen LogP contribution in [-0.2, 0) is 0 Å². The number of aromatic carboxylic acids is 1. The largest absolute Gasteiger partial charge is 0.493 e. The number of ether oxygens (including phenoxy) is 2. The van der Waals surface area contributed by atoms with E-state index in [4.69, 9.17) is 26.2 Å². The van der Waals surface area contributed by atoms with Gasteiger partial charge in [-0.25, -0.2) is 4.79 Å². The fraction of sp³-hybridized carbons (Fsp3) is 0.222. The zero-order valence-electron chi connectivity index (χ0n) is 14.0. The Morgan fingerprint density at radius 1 is 1.28 bits per heavy atom. The molecule has 0 radical (unpaired) electrons. The van der Waals surface area contributed by atoms with Gasteiger partial charge in [-0.3, -0.25) is 5.43 Å². The Balaban J connectivity index is 2.09. The maximum absolute atomic E-state index is 11.1. The molecule has 0 bridgehead atoms. The normalized spacial score (nSPS) is 10.7. The predicted molar refractivity (Wildman–Crippen MR) is 98.4 cm³/mol. The van der Waals surface area contributed by atoms with E-state index in [-0.39, 0.29) is 10.6 Å². The zero-order chi connectivity index (χ0) is 18.2. The summed E-state index contributed by atoms with van der Waals surface area (Å²) in [5.74, 6) is 0.209. The number of hydrazone groups is 1. The molecule has 0 aromatic heterocycles. The molecule has 2 rings (SSSR count). The summed E-state index contributed by atoms with van der Waals surface area (Å²) in [4.78, 5) is 11.1. The van der Waals surface area contributed by atoms with Crippen LogP contribution in [0.1, 0.15) is 29.3 Å². The molecule has 0 heterocycles. The summed E-state index contributed by atoms with van der Waals surface area (Å²) in [6.45, 7) is 2.65. The van der Waals surface area contributed by atoms with Gasteiger partial charge in [0.05, 0.1) is 36.2 Å². The molecule has 25 heavy (non-hydrogen) atoms. The van der Waals surface area contributed by atoms with Gasteiger partial charge in [0.1, 0.15) is 0 Å². The number of rotatable bonds is 8. The van der Waals surface area contributed by atoms with Crippen molar-refractivity contribution >= 4 is 29.5 Å². The average Bonchev–Trinajstić information content (AvgIpc) is 2.61. The summed E-state index contributed by atoms with van der Waals surface area (Å²) in [7, 11) is 1.58. The van der Waals surface area contributed by atoms with Crippen LogP contribution in [0.15, 0.2) is 41.5 Å². The van der Waals surface area contributed by atoms with Crippen LogP contribution in [0.3, 0.4) is 0 Å². The number of carboxylic acids is 1. The van der Waals surface area contributed by atoms with E-state index < -0.39 is 5.97 Å². The Morgan fingerprint density at radius 3 is 2.76 bits per heavy atom. The van der Waals surface area contributed by atoms with E-state index in [1.54, 1.807) is 25.5 Å².